The van der Waals surface area contributed by atoms with Crippen LogP contribution in [-0.4, -0.2) is 44.7 Å². The van der Waals surface area contributed by atoms with E-state index in [-0.39, 0.29) is 16.2 Å². The standard InChI is InChI=1S/C19H24ClN3O5S2/c1-19(2,3)13-5-7-14(8-6-13)28-12-17(25)22-21-16(24)11-23(4)30(26,27)18-10-9-15(20)29-18/h5-10H,11-12H2,1-4H3,(H,21,24)(H,22,25). The number of benzene rings is 1. The molecule has 1 heterocycles. The van der Waals surface area contributed by atoms with Gasteiger partial charge in [-0.2, -0.15) is 4.31 Å². The summed E-state index contributed by atoms with van der Waals surface area (Å²) in [6.07, 6.45) is 0. The van der Waals surface area contributed by atoms with Crippen LogP contribution in [0.5, 0.6) is 5.75 Å². The van der Waals surface area contributed by atoms with Gasteiger partial charge in [0.15, 0.2) is 6.61 Å². The average molecular weight is 474 g/mol. The number of hydrogen-bond acceptors (Lipinski definition) is 6. The highest BCUT2D eigenvalue weighted by Gasteiger charge is 2.24. The fourth-order valence-electron chi connectivity index (χ4n) is 2.29. The first kappa shape index (κ1) is 24.1. The van der Waals surface area contributed by atoms with Crippen LogP contribution < -0.4 is 15.6 Å². The number of amides is 2. The van der Waals surface area contributed by atoms with E-state index in [0.717, 1.165) is 21.2 Å². The predicted octanol–water partition coefficient (Wildman–Crippen LogP) is 2.55. The number of rotatable bonds is 7. The first-order chi connectivity index (χ1) is 13.9. The van der Waals surface area contributed by atoms with Crippen LogP contribution in [0, 0.1) is 0 Å². The summed E-state index contributed by atoms with van der Waals surface area (Å²) in [5.41, 5.74) is 5.49. The Hall–Kier alpha value is -2.14. The van der Waals surface area contributed by atoms with Gasteiger partial charge in [0.25, 0.3) is 21.8 Å². The van der Waals surface area contributed by atoms with Crippen molar-refractivity contribution < 1.29 is 22.7 Å². The molecule has 0 bridgehead atoms. The molecule has 30 heavy (non-hydrogen) atoms. The van der Waals surface area contributed by atoms with Crippen LogP contribution in [0.4, 0.5) is 0 Å². The Morgan fingerprint density at radius 1 is 1.07 bits per heavy atom. The molecule has 0 aliphatic heterocycles. The monoisotopic (exact) mass is 473 g/mol. The minimum Gasteiger partial charge on any atom is -0.484 e. The van der Waals surface area contributed by atoms with Gasteiger partial charge < -0.3 is 4.74 Å². The van der Waals surface area contributed by atoms with E-state index < -0.39 is 28.4 Å². The topological polar surface area (TPSA) is 105 Å². The molecule has 164 valence electrons. The largest absolute Gasteiger partial charge is 0.484 e. The summed E-state index contributed by atoms with van der Waals surface area (Å²) in [5.74, 6) is -0.768. The van der Waals surface area contributed by atoms with Crippen molar-refractivity contribution in [2.45, 2.75) is 30.4 Å². The number of likely N-dealkylation sites (N-methyl/N-ethyl adjacent to an activating group) is 1. The maximum Gasteiger partial charge on any atom is 0.276 e. The number of thiophene rings is 1. The lowest BCUT2D eigenvalue weighted by Gasteiger charge is -2.19. The van der Waals surface area contributed by atoms with E-state index in [1.165, 1.54) is 19.2 Å². The van der Waals surface area contributed by atoms with E-state index in [1.807, 2.05) is 12.1 Å². The zero-order valence-corrected chi connectivity index (χ0v) is 19.5. The van der Waals surface area contributed by atoms with Gasteiger partial charge in [-0.3, -0.25) is 20.4 Å². The Bertz CT molecular complexity index is 998. The lowest BCUT2D eigenvalue weighted by molar-refractivity contribution is -0.130. The molecule has 0 saturated heterocycles. The highest BCUT2D eigenvalue weighted by molar-refractivity contribution is 7.91. The molecule has 1 aromatic carbocycles. The molecule has 2 rings (SSSR count). The van der Waals surface area contributed by atoms with Gasteiger partial charge in [-0.05, 0) is 35.2 Å². The van der Waals surface area contributed by atoms with Crippen LogP contribution in [0.15, 0.2) is 40.6 Å². The molecule has 2 aromatic rings. The van der Waals surface area contributed by atoms with Crippen molar-refractivity contribution in [1.29, 1.82) is 0 Å². The Kier molecular flexibility index (Phi) is 7.87. The van der Waals surface area contributed by atoms with Crippen LogP contribution in [-0.2, 0) is 25.0 Å². The summed E-state index contributed by atoms with van der Waals surface area (Å²) < 4.78 is 31.3. The highest BCUT2D eigenvalue weighted by Crippen LogP contribution is 2.27. The Morgan fingerprint density at radius 2 is 1.67 bits per heavy atom. The van der Waals surface area contributed by atoms with Crippen molar-refractivity contribution in [3.63, 3.8) is 0 Å². The minimum atomic E-state index is -3.84. The number of hydrazine groups is 1. The van der Waals surface area contributed by atoms with E-state index in [4.69, 9.17) is 16.3 Å². The second-order valence-corrected chi connectivity index (χ2v) is 11.5. The summed E-state index contributed by atoms with van der Waals surface area (Å²) in [4.78, 5) is 23.8. The molecule has 8 nitrogen and oxygen atoms in total. The molecule has 0 radical (unpaired) electrons. The van der Waals surface area contributed by atoms with E-state index >= 15 is 0 Å². The van der Waals surface area contributed by atoms with E-state index in [0.29, 0.717) is 10.1 Å². The molecule has 2 amide bonds. The van der Waals surface area contributed by atoms with Gasteiger partial charge in [-0.25, -0.2) is 8.42 Å². The highest BCUT2D eigenvalue weighted by atomic mass is 35.5. The molecule has 11 heteroatoms. The van der Waals surface area contributed by atoms with Crippen molar-refractivity contribution in [2.24, 2.45) is 0 Å². The second-order valence-electron chi connectivity index (χ2n) is 7.48. The summed E-state index contributed by atoms with van der Waals surface area (Å²) in [6.45, 7) is 5.50. The Labute approximate surface area is 185 Å². The number of ether oxygens (including phenoxy) is 1. The van der Waals surface area contributed by atoms with E-state index in [1.54, 1.807) is 12.1 Å². The van der Waals surface area contributed by atoms with E-state index in [9.17, 15) is 18.0 Å². The molecule has 0 atom stereocenters. The Balaban J connectivity index is 1.78. The molecule has 0 fully saturated rings. The third-order valence-electron chi connectivity index (χ3n) is 4.01. The third kappa shape index (κ3) is 6.69. The molecular formula is C19H24ClN3O5S2. The molecule has 2 N–H and O–H groups in total. The molecule has 0 aliphatic carbocycles. The lowest BCUT2D eigenvalue weighted by atomic mass is 9.87. The molecular weight excluding hydrogens is 450 g/mol. The fraction of sp³-hybridized carbons (Fsp3) is 0.368. The SMILES string of the molecule is CN(CC(=O)NNC(=O)COc1ccc(C(C)(C)C)cc1)S(=O)(=O)c1ccc(Cl)s1. The van der Waals surface area contributed by atoms with Gasteiger partial charge in [0, 0.05) is 7.05 Å². The molecule has 0 saturated carbocycles. The van der Waals surface area contributed by atoms with Crippen LogP contribution in [0.1, 0.15) is 26.3 Å². The smallest absolute Gasteiger partial charge is 0.276 e. The van der Waals surface area contributed by atoms with Gasteiger partial charge in [0.1, 0.15) is 9.96 Å². The normalized spacial score (nSPS) is 11.9. The fourth-order valence-corrected chi connectivity index (χ4v) is 5.11. The molecule has 0 aliphatic rings. The number of hydrogen-bond donors (Lipinski definition) is 2. The number of nitrogens with zero attached hydrogens (tertiary/aromatic N) is 1. The van der Waals surface area contributed by atoms with Crippen LogP contribution in [0.25, 0.3) is 0 Å². The zero-order valence-electron chi connectivity index (χ0n) is 17.1. The minimum absolute atomic E-state index is 0.0105. The van der Waals surface area contributed by atoms with Gasteiger partial charge in [0.05, 0.1) is 10.9 Å². The number of carbonyl (C=O) groups is 2. The van der Waals surface area contributed by atoms with Gasteiger partial charge in [-0.1, -0.05) is 44.5 Å². The summed E-state index contributed by atoms with van der Waals surface area (Å²) >= 11 is 6.65. The Morgan fingerprint density at radius 3 is 2.20 bits per heavy atom. The van der Waals surface area contributed by atoms with Gasteiger partial charge in [0.2, 0.25) is 0 Å². The van der Waals surface area contributed by atoms with Crippen molar-refractivity contribution in [3.8, 4) is 5.75 Å². The summed E-state index contributed by atoms with van der Waals surface area (Å²) in [6, 6.07) is 10.2. The van der Waals surface area contributed by atoms with Crippen LogP contribution >= 0.6 is 22.9 Å². The third-order valence-corrected chi connectivity index (χ3v) is 7.51. The zero-order chi connectivity index (χ0) is 22.5. The van der Waals surface area contributed by atoms with Gasteiger partial charge >= 0.3 is 0 Å². The van der Waals surface area contributed by atoms with Crippen molar-refractivity contribution >= 4 is 44.8 Å². The number of halogens is 1. The maximum absolute atomic E-state index is 12.4. The average Bonchev–Trinajstić information content (AvgIpc) is 3.11. The summed E-state index contributed by atoms with van der Waals surface area (Å²) in [7, 11) is -2.58. The number of nitrogens with one attached hydrogen (secondary N) is 2. The quantitative estimate of drug-likeness (QED) is 0.601. The van der Waals surface area contributed by atoms with Crippen molar-refractivity contribution in [2.75, 3.05) is 20.2 Å². The molecule has 0 spiro atoms. The maximum atomic E-state index is 12.4. The van der Waals surface area contributed by atoms with Crippen LogP contribution in [0.3, 0.4) is 0 Å². The van der Waals surface area contributed by atoms with Crippen LogP contribution in [0.2, 0.25) is 4.34 Å². The summed E-state index contributed by atoms with van der Waals surface area (Å²) in [5, 5.41) is 0. The number of carbonyl (C=O) groups excluding carboxylic acids is 2. The molecule has 0 unspecified atom stereocenters. The van der Waals surface area contributed by atoms with E-state index in [2.05, 4.69) is 31.6 Å². The predicted molar refractivity (Wildman–Crippen MR) is 116 cm³/mol. The first-order valence-corrected chi connectivity index (χ1v) is 11.6. The molecule has 1 aromatic heterocycles. The van der Waals surface area contributed by atoms with Crippen molar-refractivity contribution in [1.82, 2.24) is 15.2 Å². The first-order valence-electron chi connectivity index (χ1n) is 8.92. The lowest BCUT2D eigenvalue weighted by Crippen LogP contribution is -2.48. The van der Waals surface area contributed by atoms with Crippen molar-refractivity contribution in [3.05, 3.63) is 46.3 Å². The van der Waals surface area contributed by atoms with Gasteiger partial charge in [-0.15, -0.1) is 11.3 Å². The number of sulfonamides is 1. The second kappa shape index (κ2) is 9.78.